The van der Waals surface area contributed by atoms with Crippen LogP contribution in [0.2, 0.25) is 5.02 Å². The Hall–Kier alpha value is -2.70. The zero-order valence-corrected chi connectivity index (χ0v) is 19.1. The van der Waals surface area contributed by atoms with Gasteiger partial charge < -0.3 is 5.32 Å². The van der Waals surface area contributed by atoms with Crippen LogP contribution in [0, 0.1) is 13.8 Å². The van der Waals surface area contributed by atoms with E-state index in [-0.39, 0.29) is 15.8 Å². The summed E-state index contributed by atoms with van der Waals surface area (Å²) in [6.07, 6.45) is 0.649. The SMILES string of the molecule is CC(=O)N(F)c1cc(Br)ccc1Nc1ccc(C=O)c(Cl)c1.Cc1ccccc1C. The van der Waals surface area contributed by atoms with Crippen molar-refractivity contribution in [1.82, 2.24) is 0 Å². The molecule has 0 atom stereocenters. The Bertz CT molecular complexity index is 1040. The fourth-order valence-corrected chi connectivity index (χ4v) is 3.04. The van der Waals surface area contributed by atoms with E-state index in [4.69, 9.17) is 11.6 Å². The molecule has 0 aliphatic carbocycles. The standard InChI is InChI=1S/C15H11BrClFN2O2.C8H10/c1-9(22)20(18)15-6-11(16)3-5-14(15)19-12-4-2-10(8-21)13(17)7-12;1-7-5-3-4-6-8(7)2/h2-8,19H,1H3;3-6H,1-2H3. The number of halogens is 3. The minimum Gasteiger partial charge on any atom is -0.354 e. The molecule has 3 aromatic carbocycles. The van der Waals surface area contributed by atoms with Crippen LogP contribution in [0.3, 0.4) is 0 Å². The monoisotopic (exact) mass is 490 g/mol. The second kappa shape index (κ2) is 10.9. The van der Waals surface area contributed by atoms with Gasteiger partial charge in [-0.25, -0.2) is 0 Å². The van der Waals surface area contributed by atoms with E-state index in [2.05, 4.69) is 59.4 Å². The fraction of sp³-hybridized carbons (Fsp3) is 0.130. The van der Waals surface area contributed by atoms with E-state index in [1.165, 1.54) is 17.2 Å². The minimum atomic E-state index is -0.740. The van der Waals surface area contributed by atoms with Crippen LogP contribution in [0.1, 0.15) is 28.4 Å². The number of hydrogen-bond acceptors (Lipinski definition) is 3. The molecule has 30 heavy (non-hydrogen) atoms. The molecule has 156 valence electrons. The second-order valence-corrected chi connectivity index (χ2v) is 7.85. The zero-order chi connectivity index (χ0) is 22.3. The normalized spacial score (nSPS) is 9.93. The number of aldehydes is 1. The highest BCUT2D eigenvalue weighted by molar-refractivity contribution is 9.10. The Labute approximate surface area is 188 Å². The summed E-state index contributed by atoms with van der Waals surface area (Å²) in [7, 11) is 0. The predicted octanol–water partition coefficient (Wildman–Crippen LogP) is 7.20. The van der Waals surface area contributed by atoms with Gasteiger partial charge in [0.15, 0.2) is 6.29 Å². The molecule has 1 N–H and O–H groups in total. The predicted molar refractivity (Wildman–Crippen MR) is 124 cm³/mol. The van der Waals surface area contributed by atoms with Gasteiger partial charge in [0, 0.05) is 22.6 Å². The maximum atomic E-state index is 13.9. The molecule has 0 fully saturated rings. The summed E-state index contributed by atoms with van der Waals surface area (Å²) in [6.45, 7) is 5.37. The van der Waals surface area contributed by atoms with Crippen molar-refractivity contribution >= 4 is 56.8 Å². The summed E-state index contributed by atoms with van der Waals surface area (Å²) in [5.74, 6) is -0.740. The van der Waals surface area contributed by atoms with Gasteiger partial charge in [-0.3, -0.25) is 9.59 Å². The summed E-state index contributed by atoms with van der Waals surface area (Å²) in [5.41, 5.74) is 4.11. The van der Waals surface area contributed by atoms with Gasteiger partial charge in [-0.1, -0.05) is 56.3 Å². The largest absolute Gasteiger partial charge is 0.354 e. The van der Waals surface area contributed by atoms with Gasteiger partial charge in [-0.05, 0) is 61.4 Å². The van der Waals surface area contributed by atoms with Gasteiger partial charge in [0.25, 0.3) is 5.91 Å². The van der Waals surface area contributed by atoms with Gasteiger partial charge in [-0.2, -0.15) is 0 Å². The first-order valence-corrected chi connectivity index (χ1v) is 10.2. The first-order chi connectivity index (χ1) is 14.2. The molecule has 4 nitrogen and oxygen atoms in total. The molecule has 1 amide bonds. The third kappa shape index (κ3) is 6.40. The van der Waals surface area contributed by atoms with E-state index < -0.39 is 5.91 Å². The summed E-state index contributed by atoms with van der Waals surface area (Å²) in [6, 6.07) is 17.9. The number of carbonyl (C=O) groups is 2. The highest BCUT2D eigenvalue weighted by Crippen LogP contribution is 2.33. The Morgan fingerprint density at radius 2 is 1.70 bits per heavy atom. The lowest BCUT2D eigenvalue weighted by Gasteiger charge is -2.16. The molecule has 7 heteroatoms. The fourth-order valence-electron chi connectivity index (χ4n) is 2.46. The third-order valence-corrected chi connectivity index (χ3v) is 5.10. The number of amides is 1. The average Bonchev–Trinajstić information content (AvgIpc) is 2.71. The Morgan fingerprint density at radius 1 is 1.07 bits per heavy atom. The van der Waals surface area contributed by atoms with Crippen LogP contribution in [0.5, 0.6) is 0 Å². The van der Waals surface area contributed by atoms with Crippen molar-refractivity contribution in [3.63, 3.8) is 0 Å². The topological polar surface area (TPSA) is 49.4 Å². The van der Waals surface area contributed by atoms with Crippen molar-refractivity contribution in [3.05, 3.63) is 86.8 Å². The van der Waals surface area contributed by atoms with Crippen LogP contribution in [0.4, 0.5) is 21.5 Å². The lowest BCUT2D eigenvalue weighted by Crippen LogP contribution is -2.19. The van der Waals surface area contributed by atoms with Crippen LogP contribution >= 0.6 is 27.5 Å². The number of aryl methyl sites for hydroxylation is 2. The molecule has 0 radical (unpaired) electrons. The summed E-state index contributed by atoms with van der Waals surface area (Å²) in [5, 5.41) is 3.30. The Kier molecular flexibility index (Phi) is 8.57. The van der Waals surface area contributed by atoms with E-state index in [1.807, 2.05) is 0 Å². The molecule has 0 saturated carbocycles. The molecule has 3 aromatic rings. The number of carbonyl (C=O) groups excluding carboxylic acids is 2. The zero-order valence-electron chi connectivity index (χ0n) is 16.7. The number of hydrogen-bond donors (Lipinski definition) is 1. The number of rotatable bonds is 4. The van der Waals surface area contributed by atoms with Gasteiger partial charge in [-0.15, -0.1) is 5.12 Å². The van der Waals surface area contributed by atoms with Gasteiger partial charge in [0.2, 0.25) is 0 Å². The van der Waals surface area contributed by atoms with Crippen molar-refractivity contribution in [1.29, 1.82) is 0 Å². The maximum Gasteiger partial charge on any atom is 0.251 e. The lowest BCUT2D eigenvalue weighted by molar-refractivity contribution is -0.119. The Balaban J connectivity index is 0.000000335. The maximum absolute atomic E-state index is 13.9. The van der Waals surface area contributed by atoms with Crippen LogP contribution in [-0.4, -0.2) is 12.2 Å². The van der Waals surface area contributed by atoms with Gasteiger partial charge in [0.1, 0.15) is 5.69 Å². The molecule has 3 rings (SSSR count). The first-order valence-electron chi connectivity index (χ1n) is 9.03. The van der Waals surface area contributed by atoms with Crippen LogP contribution in [0.15, 0.2) is 65.1 Å². The molecule has 0 heterocycles. The molecule has 0 unspecified atom stereocenters. The second-order valence-electron chi connectivity index (χ2n) is 6.52. The molecular weight excluding hydrogens is 471 g/mol. The van der Waals surface area contributed by atoms with E-state index in [0.717, 1.165) is 6.92 Å². The van der Waals surface area contributed by atoms with Crippen LogP contribution in [0.25, 0.3) is 0 Å². The molecule has 0 bridgehead atoms. The average molecular weight is 492 g/mol. The van der Waals surface area contributed by atoms with Crippen LogP contribution in [-0.2, 0) is 4.79 Å². The van der Waals surface area contributed by atoms with Crippen molar-refractivity contribution in [3.8, 4) is 0 Å². The number of nitrogens with one attached hydrogen (secondary N) is 1. The summed E-state index contributed by atoms with van der Waals surface area (Å²) < 4.78 is 14.6. The molecule has 0 aliphatic rings. The molecular formula is C23H21BrClFN2O2. The highest BCUT2D eigenvalue weighted by atomic mass is 79.9. The molecule has 0 aliphatic heterocycles. The van der Waals surface area contributed by atoms with Crippen molar-refractivity contribution < 1.29 is 14.1 Å². The Morgan fingerprint density at radius 3 is 2.20 bits per heavy atom. The van der Waals surface area contributed by atoms with E-state index >= 15 is 0 Å². The van der Waals surface area contributed by atoms with Crippen molar-refractivity contribution in [2.24, 2.45) is 0 Å². The molecule has 0 saturated heterocycles. The van der Waals surface area contributed by atoms with Gasteiger partial charge >= 0.3 is 0 Å². The quantitative estimate of drug-likeness (QED) is 0.310. The number of anilines is 3. The summed E-state index contributed by atoms with van der Waals surface area (Å²) >= 11 is 9.19. The van der Waals surface area contributed by atoms with E-state index in [0.29, 0.717) is 27.7 Å². The van der Waals surface area contributed by atoms with Crippen LogP contribution < -0.4 is 10.4 Å². The van der Waals surface area contributed by atoms with E-state index in [9.17, 15) is 14.1 Å². The first kappa shape index (κ1) is 23.6. The number of nitrogens with zero attached hydrogens (tertiary/aromatic N) is 1. The summed E-state index contributed by atoms with van der Waals surface area (Å²) in [4.78, 5) is 22.0. The smallest absolute Gasteiger partial charge is 0.251 e. The third-order valence-electron chi connectivity index (χ3n) is 4.28. The van der Waals surface area contributed by atoms with Gasteiger partial charge in [0.05, 0.1) is 10.7 Å². The lowest BCUT2D eigenvalue weighted by atomic mass is 10.1. The van der Waals surface area contributed by atoms with Crippen molar-refractivity contribution in [2.45, 2.75) is 20.8 Å². The van der Waals surface area contributed by atoms with Crippen molar-refractivity contribution in [2.75, 3.05) is 10.4 Å². The molecule has 0 spiro atoms. The molecule has 0 aromatic heterocycles. The van der Waals surface area contributed by atoms with E-state index in [1.54, 1.807) is 30.3 Å². The number of benzene rings is 3. The highest BCUT2D eigenvalue weighted by Gasteiger charge is 2.16. The minimum absolute atomic E-state index is 0.0501.